The normalized spacial score (nSPS) is 14.4. The number of unbranched alkanes of at least 4 members (excludes halogenated alkanes) is 6. The maximum absolute atomic E-state index is 13.3. The van der Waals surface area contributed by atoms with Crippen molar-refractivity contribution in [1.82, 2.24) is 0 Å². The molecule has 2 aromatic carbocycles. The molecule has 0 saturated carbocycles. The van der Waals surface area contributed by atoms with E-state index in [2.05, 4.69) is 0 Å². The van der Waals surface area contributed by atoms with E-state index in [1.54, 1.807) is 0 Å². The van der Waals surface area contributed by atoms with Gasteiger partial charge in [0.2, 0.25) is 5.75 Å². The Morgan fingerprint density at radius 2 is 0.897 bits per heavy atom. The molecule has 1 aliphatic rings. The standard InChI is InChI=1S/C45H62O13/c1-7-13-19-38(46)52-31-27-33(53-39(47)20-14-8-2)32-29-37(56-42(50)23-17-11-5)44(57-34(32)28-31)30-25-35(54-40(48)21-15-9-3)45(58-43(51)24-18-12-6)36(26-30)55-41(49)22-16-10-4/h25-28,37,44H,7-24,29H2,1-6H3/t37-,44-/m1/s1. The summed E-state index contributed by atoms with van der Waals surface area (Å²) in [4.78, 5) is 78.3. The van der Waals surface area contributed by atoms with E-state index in [1.807, 2.05) is 41.5 Å². The Morgan fingerprint density at radius 3 is 1.34 bits per heavy atom. The fourth-order valence-electron chi connectivity index (χ4n) is 6.00. The second-order valence-electron chi connectivity index (χ2n) is 14.5. The fraction of sp³-hybridized carbons (Fsp3) is 0.600. The van der Waals surface area contributed by atoms with Gasteiger partial charge in [-0.2, -0.15) is 0 Å². The van der Waals surface area contributed by atoms with Gasteiger partial charge in [-0.1, -0.05) is 80.1 Å². The largest absolute Gasteiger partial charge is 0.481 e. The lowest BCUT2D eigenvalue weighted by Crippen LogP contribution is -2.35. The smallest absolute Gasteiger partial charge is 0.311 e. The van der Waals surface area contributed by atoms with Crippen LogP contribution in [0.4, 0.5) is 0 Å². The van der Waals surface area contributed by atoms with E-state index in [-0.39, 0.29) is 85.0 Å². The minimum absolute atomic E-state index is 0.00329. The Labute approximate surface area is 342 Å². The molecule has 1 heterocycles. The number of carbonyl (C=O) groups is 6. The van der Waals surface area contributed by atoms with Gasteiger partial charge in [0.05, 0.1) is 0 Å². The molecule has 2 atom stereocenters. The summed E-state index contributed by atoms with van der Waals surface area (Å²) in [5, 5.41) is 0. The quantitative estimate of drug-likeness (QED) is 0.0687. The highest BCUT2D eigenvalue weighted by molar-refractivity contribution is 5.80. The van der Waals surface area contributed by atoms with Crippen LogP contribution in [0.15, 0.2) is 24.3 Å². The highest BCUT2D eigenvalue weighted by Gasteiger charge is 2.39. The number of rotatable bonds is 25. The third-order valence-electron chi connectivity index (χ3n) is 9.32. The molecule has 0 unspecified atom stereocenters. The number of carbonyl (C=O) groups excluding carboxylic acids is 6. The third kappa shape index (κ3) is 15.4. The Balaban J connectivity index is 2.27. The summed E-state index contributed by atoms with van der Waals surface area (Å²) in [5.74, 6) is -3.53. The molecule has 0 aliphatic carbocycles. The molecule has 58 heavy (non-hydrogen) atoms. The summed E-state index contributed by atoms with van der Waals surface area (Å²) >= 11 is 0. The van der Waals surface area contributed by atoms with Gasteiger partial charge in [0, 0.05) is 68.2 Å². The maximum atomic E-state index is 13.3. The topological polar surface area (TPSA) is 167 Å². The lowest BCUT2D eigenvalue weighted by molar-refractivity contribution is -0.155. The lowest BCUT2D eigenvalue weighted by atomic mass is 9.93. The molecule has 0 spiro atoms. The number of ether oxygens (including phenoxy) is 7. The van der Waals surface area contributed by atoms with E-state index >= 15 is 0 Å². The first-order chi connectivity index (χ1) is 28.0. The van der Waals surface area contributed by atoms with Gasteiger partial charge in [0.1, 0.15) is 23.4 Å². The zero-order valence-corrected chi connectivity index (χ0v) is 35.2. The maximum Gasteiger partial charge on any atom is 0.311 e. The van der Waals surface area contributed by atoms with E-state index in [4.69, 9.17) is 33.2 Å². The average Bonchev–Trinajstić information content (AvgIpc) is 3.19. The van der Waals surface area contributed by atoms with Gasteiger partial charge < -0.3 is 33.2 Å². The van der Waals surface area contributed by atoms with E-state index < -0.39 is 48.0 Å². The number of esters is 6. The molecule has 2 aromatic rings. The summed E-state index contributed by atoms with van der Waals surface area (Å²) < 4.78 is 41.6. The van der Waals surface area contributed by atoms with Crippen molar-refractivity contribution in [1.29, 1.82) is 0 Å². The predicted octanol–water partition coefficient (Wildman–Crippen LogP) is 9.94. The summed E-state index contributed by atoms with van der Waals surface area (Å²) in [6, 6.07) is 5.85. The Morgan fingerprint density at radius 1 is 0.500 bits per heavy atom. The molecule has 0 aromatic heterocycles. The van der Waals surface area contributed by atoms with Gasteiger partial charge in [0.25, 0.3) is 0 Å². The highest BCUT2D eigenvalue weighted by Crippen LogP contribution is 2.47. The zero-order chi connectivity index (χ0) is 42.5. The van der Waals surface area contributed by atoms with Crippen molar-refractivity contribution in [3.63, 3.8) is 0 Å². The Hall–Kier alpha value is -4.94. The number of benzene rings is 2. The van der Waals surface area contributed by atoms with Gasteiger partial charge >= 0.3 is 35.8 Å². The first-order valence-corrected chi connectivity index (χ1v) is 21.2. The molecule has 0 amide bonds. The predicted molar refractivity (Wildman–Crippen MR) is 215 cm³/mol. The first-order valence-electron chi connectivity index (χ1n) is 21.2. The summed E-state index contributed by atoms with van der Waals surface area (Å²) in [7, 11) is 0. The van der Waals surface area contributed by atoms with Gasteiger partial charge in [0.15, 0.2) is 17.6 Å². The van der Waals surface area contributed by atoms with Crippen molar-refractivity contribution < 1.29 is 61.9 Å². The van der Waals surface area contributed by atoms with Crippen molar-refractivity contribution in [3.8, 4) is 34.5 Å². The molecule has 0 bridgehead atoms. The molecule has 13 heteroatoms. The van der Waals surface area contributed by atoms with Crippen LogP contribution in [0.2, 0.25) is 0 Å². The summed E-state index contributed by atoms with van der Waals surface area (Å²) in [5.41, 5.74) is 0.664. The molecule has 0 saturated heterocycles. The number of hydrogen-bond acceptors (Lipinski definition) is 13. The van der Waals surface area contributed by atoms with E-state index in [0.29, 0.717) is 44.1 Å². The van der Waals surface area contributed by atoms with Crippen LogP contribution in [0, 0.1) is 0 Å². The monoisotopic (exact) mass is 810 g/mol. The molecule has 3 rings (SSSR count). The van der Waals surface area contributed by atoms with Crippen molar-refractivity contribution in [3.05, 3.63) is 35.4 Å². The zero-order valence-electron chi connectivity index (χ0n) is 35.2. The number of fused-ring (bicyclic) bond motifs is 1. The molecule has 0 fully saturated rings. The van der Waals surface area contributed by atoms with Crippen LogP contribution in [0.5, 0.6) is 34.5 Å². The van der Waals surface area contributed by atoms with E-state index in [9.17, 15) is 28.8 Å². The Bertz CT molecular complexity index is 1650. The Kier molecular flexibility index (Phi) is 20.8. The molecule has 1 aliphatic heterocycles. The summed E-state index contributed by atoms with van der Waals surface area (Å²) in [6.45, 7) is 11.6. The summed E-state index contributed by atoms with van der Waals surface area (Å²) in [6.07, 6.45) is 6.40. The van der Waals surface area contributed by atoms with Crippen LogP contribution in [0.1, 0.15) is 174 Å². The van der Waals surface area contributed by atoms with E-state index in [1.165, 1.54) is 24.3 Å². The lowest BCUT2D eigenvalue weighted by Gasteiger charge is -2.35. The minimum atomic E-state index is -1.13. The molecule has 320 valence electrons. The molecule has 0 radical (unpaired) electrons. The average molecular weight is 811 g/mol. The van der Waals surface area contributed by atoms with Crippen molar-refractivity contribution in [2.75, 3.05) is 0 Å². The van der Waals surface area contributed by atoms with Crippen LogP contribution in [0.25, 0.3) is 0 Å². The van der Waals surface area contributed by atoms with Crippen molar-refractivity contribution in [2.45, 2.75) is 176 Å². The van der Waals surface area contributed by atoms with Gasteiger partial charge in [-0.05, 0) is 50.7 Å². The van der Waals surface area contributed by atoms with Crippen molar-refractivity contribution >= 4 is 35.8 Å². The van der Waals surface area contributed by atoms with Crippen LogP contribution in [0.3, 0.4) is 0 Å². The second kappa shape index (κ2) is 25.4. The molecular formula is C45H62O13. The second-order valence-corrected chi connectivity index (χ2v) is 14.5. The molecular weight excluding hydrogens is 748 g/mol. The molecule has 13 nitrogen and oxygen atoms in total. The van der Waals surface area contributed by atoms with Gasteiger partial charge in [-0.3, -0.25) is 28.8 Å². The van der Waals surface area contributed by atoms with Crippen LogP contribution in [-0.2, 0) is 39.9 Å². The van der Waals surface area contributed by atoms with Gasteiger partial charge in [-0.15, -0.1) is 0 Å². The SMILES string of the molecule is CCCCC(=O)Oc1cc(OC(=O)CCCC)c2c(c1)O[C@H](c1cc(OC(=O)CCCC)c(OC(=O)CCCC)c(OC(=O)CCCC)c1)[C@H](OC(=O)CCCC)C2. The van der Waals surface area contributed by atoms with Crippen molar-refractivity contribution in [2.24, 2.45) is 0 Å². The molecule has 0 N–H and O–H groups in total. The minimum Gasteiger partial charge on any atom is -0.481 e. The van der Waals surface area contributed by atoms with Crippen LogP contribution >= 0.6 is 0 Å². The van der Waals surface area contributed by atoms with Crippen LogP contribution < -0.4 is 28.4 Å². The van der Waals surface area contributed by atoms with Gasteiger partial charge in [-0.25, -0.2) is 0 Å². The number of hydrogen-bond donors (Lipinski definition) is 0. The third-order valence-corrected chi connectivity index (χ3v) is 9.32. The van der Waals surface area contributed by atoms with E-state index in [0.717, 1.165) is 38.5 Å². The first kappa shape index (κ1) is 47.4. The fourth-order valence-corrected chi connectivity index (χ4v) is 6.00. The van der Waals surface area contributed by atoms with Crippen LogP contribution in [-0.4, -0.2) is 41.9 Å². The highest BCUT2D eigenvalue weighted by atomic mass is 16.6.